The molecule has 1 aromatic heterocycles. The molecule has 2 aromatic rings. The number of halogens is 4. The predicted octanol–water partition coefficient (Wildman–Crippen LogP) is 5.42. The summed E-state index contributed by atoms with van der Waals surface area (Å²) in [5.41, 5.74) is 2.10. The van der Waals surface area contributed by atoms with Crippen LogP contribution >= 0.6 is 11.8 Å². The van der Waals surface area contributed by atoms with Gasteiger partial charge in [0.2, 0.25) is 0 Å². The number of benzene rings is 1. The van der Waals surface area contributed by atoms with Crippen LogP contribution in [0.4, 0.5) is 22.4 Å². The molecular formula is C32H46F4N6O2S. The van der Waals surface area contributed by atoms with Gasteiger partial charge >= 0.3 is 12.2 Å². The molecule has 2 N–H and O–H groups in total. The molecule has 1 aromatic carbocycles. The highest BCUT2D eigenvalue weighted by Gasteiger charge is 2.35. The number of carbonyl (C=O) groups excluding carboxylic acids is 1. The molecule has 0 saturated carbocycles. The molecule has 0 radical (unpaired) electrons. The molecule has 0 bridgehead atoms. The van der Waals surface area contributed by atoms with Crippen molar-refractivity contribution < 1.29 is 27.5 Å². The third-order valence-corrected chi connectivity index (χ3v) is 9.91. The summed E-state index contributed by atoms with van der Waals surface area (Å²) >= 11 is 1.15. The van der Waals surface area contributed by atoms with E-state index in [-0.39, 0.29) is 30.1 Å². The quantitative estimate of drug-likeness (QED) is 0.264. The summed E-state index contributed by atoms with van der Waals surface area (Å²) in [7, 11) is 0. The Hall–Kier alpha value is -2.35. The second kappa shape index (κ2) is 15.0. The van der Waals surface area contributed by atoms with E-state index in [2.05, 4.69) is 15.1 Å². The van der Waals surface area contributed by atoms with Crippen LogP contribution in [-0.2, 0) is 25.7 Å². The lowest BCUT2D eigenvalue weighted by Crippen LogP contribution is -2.45. The maximum absolute atomic E-state index is 14.1. The van der Waals surface area contributed by atoms with E-state index in [1.165, 1.54) is 12.5 Å². The topological polar surface area (TPSA) is 76.9 Å². The molecule has 0 spiro atoms. The van der Waals surface area contributed by atoms with Crippen LogP contribution in [0.2, 0.25) is 0 Å². The standard InChI is InChI=1S/C32H46F4N6O2S/c1-22(2)37-31(44)41-15-10-28-26(21-41)30(38-42(28)20-25(43)19-40-11-4-3-5-12-40)23-6-7-27(32(34,35)36)29(18-23)45-17-16-39-13-8-24(33)9-14-39/h6-7,18,22,24-25,43H,3-5,8-17,19-21H2,1-2H3,(H,37,44)/t25-/m0/s1. The fraction of sp³-hybridized carbons (Fsp3) is 0.688. The first-order valence-electron chi connectivity index (χ1n) is 16.2. The van der Waals surface area contributed by atoms with Crippen molar-refractivity contribution >= 4 is 17.8 Å². The smallest absolute Gasteiger partial charge is 0.390 e. The van der Waals surface area contributed by atoms with Crippen molar-refractivity contribution in [3.05, 3.63) is 35.0 Å². The molecule has 2 saturated heterocycles. The summed E-state index contributed by atoms with van der Waals surface area (Å²) < 4.78 is 57.6. The normalized spacial score (nSPS) is 19.6. The lowest BCUT2D eigenvalue weighted by molar-refractivity contribution is -0.139. The summed E-state index contributed by atoms with van der Waals surface area (Å²) in [6.45, 7) is 9.08. The molecule has 3 aliphatic heterocycles. The molecule has 5 rings (SSSR count). The fourth-order valence-electron chi connectivity index (χ4n) is 6.52. The molecule has 1 atom stereocenters. The Balaban J connectivity index is 1.41. The average molecular weight is 655 g/mol. The Kier molecular flexibility index (Phi) is 11.4. The van der Waals surface area contributed by atoms with E-state index in [0.29, 0.717) is 69.0 Å². The van der Waals surface area contributed by atoms with Gasteiger partial charge in [0, 0.05) is 72.7 Å². The van der Waals surface area contributed by atoms with Crippen LogP contribution < -0.4 is 5.32 Å². The first kappa shape index (κ1) is 34.0. The molecule has 2 amide bonds. The van der Waals surface area contributed by atoms with Gasteiger partial charge in [-0.1, -0.05) is 12.5 Å². The van der Waals surface area contributed by atoms with Crippen molar-refractivity contribution in [1.29, 1.82) is 0 Å². The number of carbonyl (C=O) groups is 1. The summed E-state index contributed by atoms with van der Waals surface area (Å²) in [6.07, 6.45) is -1.08. The molecule has 2 fully saturated rings. The van der Waals surface area contributed by atoms with Gasteiger partial charge in [-0.15, -0.1) is 11.8 Å². The van der Waals surface area contributed by atoms with Gasteiger partial charge in [0.05, 0.1) is 30.5 Å². The molecule has 8 nitrogen and oxygen atoms in total. The number of amides is 2. The van der Waals surface area contributed by atoms with Gasteiger partial charge in [-0.3, -0.25) is 4.68 Å². The van der Waals surface area contributed by atoms with E-state index in [1.807, 2.05) is 13.8 Å². The van der Waals surface area contributed by atoms with Gasteiger partial charge in [-0.25, -0.2) is 9.18 Å². The highest BCUT2D eigenvalue weighted by Crippen LogP contribution is 2.40. The monoisotopic (exact) mass is 654 g/mol. The lowest BCUT2D eigenvalue weighted by Gasteiger charge is -2.30. The van der Waals surface area contributed by atoms with Crippen molar-refractivity contribution in [2.24, 2.45) is 0 Å². The highest BCUT2D eigenvalue weighted by atomic mass is 32.2. The zero-order chi connectivity index (χ0) is 32.1. The number of aliphatic hydroxyl groups is 1. The van der Waals surface area contributed by atoms with E-state index in [0.717, 1.165) is 55.0 Å². The van der Waals surface area contributed by atoms with Crippen molar-refractivity contribution in [3.63, 3.8) is 0 Å². The zero-order valence-corrected chi connectivity index (χ0v) is 27.1. The van der Waals surface area contributed by atoms with Crippen molar-refractivity contribution in [2.75, 3.05) is 51.6 Å². The zero-order valence-electron chi connectivity index (χ0n) is 26.3. The Morgan fingerprint density at radius 2 is 1.80 bits per heavy atom. The summed E-state index contributed by atoms with van der Waals surface area (Å²) in [5, 5.41) is 18.9. The maximum Gasteiger partial charge on any atom is 0.417 e. The maximum atomic E-state index is 14.1. The predicted molar refractivity (Wildman–Crippen MR) is 168 cm³/mol. The number of thioether (sulfide) groups is 1. The average Bonchev–Trinajstić information content (AvgIpc) is 3.35. The number of urea groups is 1. The lowest BCUT2D eigenvalue weighted by atomic mass is 10.00. The Labute approximate surface area is 267 Å². The Morgan fingerprint density at radius 3 is 2.49 bits per heavy atom. The number of alkyl halides is 4. The first-order valence-corrected chi connectivity index (χ1v) is 17.2. The molecule has 3 aliphatic rings. The second-order valence-electron chi connectivity index (χ2n) is 12.8. The molecule has 45 heavy (non-hydrogen) atoms. The van der Waals surface area contributed by atoms with E-state index in [1.54, 1.807) is 15.6 Å². The number of aliphatic hydroxyl groups excluding tert-OH is 1. The largest absolute Gasteiger partial charge is 0.417 e. The summed E-state index contributed by atoms with van der Waals surface area (Å²) in [5.74, 6) is 0.446. The minimum atomic E-state index is -4.52. The van der Waals surface area contributed by atoms with Gasteiger partial charge in [0.1, 0.15) is 6.17 Å². The Morgan fingerprint density at radius 1 is 1.07 bits per heavy atom. The van der Waals surface area contributed by atoms with Crippen LogP contribution in [0.25, 0.3) is 11.3 Å². The molecular weight excluding hydrogens is 608 g/mol. The molecule has 0 unspecified atom stereocenters. The number of fused-ring (bicyclic) bond motifs is 1. The third kappa shape index (κ3) is 8.93. The third-order valence-electron chi connectivity index (χ3n) is 8.88. The number of hydrogen-bond donors (Lipinski definition) is 2. The van der Waals surface area contributed by atoms with Gasteiger partial charge in [-0.2, -0.15) is 18.3 Å². The van der Waals surface area contributed by atoms with Crippen LogP contribution in [0.15, 0.2) is 23.1 Å². The van der Waals surface area contributed by atoms with Crippen molar-refractivity contribution in [3.8, 4) is 11.3 Å². The molecule has 250 valence electrons. The molecule has 4 heterocycles. The van der Waals surface area contributed by atoms with Crippen molar-refractivity contribution in [2.45, 2.75) is 94.9 Å². The number of rotatable bonds is 10. The highest BCUT2D eigenvalue weighted by molar-refractivity contribution is 7.99. The van der Waals surface area contributed by atoms with Crippen LogP contribution in [0.1, 0.15) is 62.8 Å². The number of piperidine rings is 2. The van der Waals surface area contributed by atoms with Crippen LogP contribution in [0.5, 0.6) is 0 Å². The van der Waals surface area contributed by atoms with E-state index >= 15 is 0 Å². The number of aromatic nitrogens is 2. The van der Waals surface area contributed by atoms with Gasteiger partial charge < -0.3 is 25.1 Å². The van der Waals surface area contributed by atoms with E-state index in [4.69, 9.17) is 5.10 Å². The second-order valence-corrected chi connectivity index (χ2v) is 14.0. The minimum Gasteiger partial charge on any atom is -0.390 e. The van der Waals surface area contributed by atoms with Crippen LogP contribution in [0, 0.1) is 0 Å². The number of β-amino-alcohol motifs (C(OH)–C–C–N with tert-alkyl or cyclic N) is 1. The van der Waals surface area contributed by atoms with Crippen molar-refractivity contribution in [1.82, 2.24) is 29.8 Å². The summed E-state index contributed by atoms with van der Waals surface area (Å²) in [6, 6.07) is 3.91. The van der Waals surface area contributed by atoms with Crippen LogP contribution in [-0.4, -0.2) is 106 Å². The SMILES string of the molecule is CC(C)NC(=O)N1CCc2c(c(-c3ccc(C(F)(F)F)c(SCCN4CCC(F)CC4)c3)nn2C[C@@H](O)CN2CCCCC2)C1. The fourth-order valence-corrected chi connectivity index (χ4v) is 7.63. The summed E-state index contributed by atoms with van der Waals surface area (Å²) in [4.78, 5) is 19.1. The van der Waals surface area contributed by atoms with E-state index in [9.17, 15) is 27.5 Å². The molecule has 13 heteroatoms. The minimum absolute atomic E-state index is 0.0381. The van der Waals surface area contributed by atoms with Crippen LogP contribution in [0.3, 0.4) is 0 Å². The Bertz CT molecular complexity index is 1290. The van der Waals surface area contributed by atoms with Gasteiger partial charge in [0.25, 0.3) is 0 Å². The molecule has 0 aliphatic carbocycles. The number of nitrogens with one attached hydrogen (secondary N) is 1. The number of hydrogen-bond acceptors (Lipinski definition) is 6. The number of nitrogens with zero attached hydrogens (tertiary/aromatic N) is 5. The van der Waals surface area contributed by atoms with Gasteiger partial charge in [-0.05, 0) is 64.8 Å². The number of likely N-dealkylation sites (tertiary alicyclic amines) is 2. The first-order chi connectivity index (χ1) is 21.5. The van der Waals surface area contributed by atoms with Gasteiger partial charge in [0.15, 0.2) is 0 Å². The van der Waals surface area contributed by atoms with E-state index < -0.39 is 24.0 Å².